The van der Waals surface area contributed by atoms with Crippen molar-refractivity contribution < 1.29 is 27.1 Å². The Kier molecular flexibility index (Phi) is 6.55. The van der Waals surface area contributed by atoms with Gasteiger partial charge in [0.05, 0.1) is 16.8 Å². The number of amides is 1. The Morgan fingerprint density at radius 2 is 1.73 bits per heavy atom. The summed E-state index contributed by atoms with van der Waals surface area (Å²) in [7, 11) is -4.22. The molecule has 0 saturated carbocycles. The molecule has 0 aromatic heterocycles. The average molecular weight is 469 g/mol. The minimum absolute atomic E-state index is 0.0717. The second-order valence-electron chi connectivity index (χ2n) is 6.94. The van der Waals surface area contributed by atoms with Crippen molar-refractivity contribution in [2.24, 2.45) is 5.10 Å². The van der Waals surface area contributed by atoms with E-state index in [2.05, 4.69) is 10.5 Å². The molecule has 3 aromatic rings. The van der Waals surface area contributed by atoms with Crippen molar-refractivity contribution in [3.8, 4) is 11.5 Å². The summed E-state index contributed by atoms with van der Waals surface area (Å²) in [5.74, 6) is -0.463. The zero-order valence-corrected chi connectivity index (χ0v) is 18.2. The van der Waals surface area contributed by atoms with Gasteiger partial charge in [0.15, 0.2) is 11.5 Å². The molecule has 0 fully saturated rings. The molecule has 0 atom stereocenters. The van der Waals surface area contributed by atoms with E-state index in [9.17, 15) is 17.6 Å². The maximum atomic E-state index is 14.5. The van der Waals surface area contributed by atoms with E-state index in [-0.39, 0.29) is 10.6 Å². The summed E-state index contributed by atoms with van der Waals surface area (Å²) in [6, 6.07) is 18.1. The largest absolute Gasteiger partial charge is 0.486 e. The van der Waals surface area contributed by atoms with Crippen molar-refractivity contribution >= 4 is 27.8 Å². The van der Waals surface area contributed by atoms with Crippen LogP contribution in [0.3, 0.4) is 0 Å². The number of sulfonamides is 1. The molecule has 0 unspecified atom stereocenters. The molecule has 0 radical (unpaired) electrons. The number of nitrogens with zero attached hydrogens (tertiary/aromatic N) is 2. The van der Waals surface area contributed by atoms with Gasteiger partial charge in [-0.3, -0.25) is 9.10 Å². The number of halogens is 1. The maximum Gasteiger partial charge on any atom is 0.264 e. The van der Waals surface area contributed by atoms with Gasteiger partial charge in [0.2, 0.25) is 0 Å². The minimum atomic E-state index is -4.22. The molecule has 0 bridgehead atoms. The molecular weight excluding hydrogens is 449 g/mol. The Hall–Kier alpha value is -3.92. The summed E-state index contributed by atoms with van der Waals surface area (Å²) < 4.78 is 52.6. The van der Waals surface area contributed by atoms with Crippen molar-refractivity contribution in [2.75, 3.05) is 24.1 Å². The molecule has 0 aliphatic carbocycles. The average Bonchev–Trinajstić information content (AvgIpc) is 2.84. The van der Waals surface area contributed by atoms with Crippen molar-refractivity contribution in [1.29, 1.82) is 0 Å². The lowest BCUT2D eigenvalue weighted by Gasteiger charge is -2.24. The highest BCUT2D eigenvalue weighted by molar-refractivity contribution is 7.92. The number of benzene rings is 3. The van der Waals surface area contributed by atoms with Crippen LogP contribution < -0.4 is 19.2 Å². The van der Waals surface area contributed by atoms with Crippen molar-refractivity contribution in [2.45, 2.75) is 4.90 Å². The lowest BCUT2D eigenvalue weighted by molar-refractivity contribution is -0.119. The number of hydrogen-bond acceptors (Lipinski definition) is 6. The Bertz CT molecular complexity index is 1280. The highest BCUT2D eigenvalue weighted by Gasteiger charge is 2.29. The molecule has 3 aromatic carbocycles. The monoisotopic (exact) mass is 469 g/mol. The SMILES string of the molecule is O=C(CN(c1ccccc1F)S(=O)(=O)c1ccccc1)N/N=C\c1cccc2c1OCCO2. The van der Waals surface area contributed by atoms with E-state index in [0.717, 1.165) is 6.07 Å². The van der Waals surface area contributed by atoms with Crippen LogP contribution >= 0.6 is 0 Å². The van der Waals surface area contributed by atoms with E-state index in [1.807, 2.05) is 0 Å². The molecule has 170 valence electrons. The van der Waals surface area contributed by atoms with Gasteiger partial charge in [-0.15, -0.1) is 0 Å². The molecule has 4 rings (SSSR count). The zero-order valence-electron chi connectivity index (χ0n) is 17.3. The van der Waals surface area contributed by atoms with Crippen LogP contribution in [-0.2, 0) is 14.8 Å². The molecule has 1 aliphatic heterocycles. The summed E-state index contributed by atoms with van der Waals surface area (Å²) in [6.07, 6.45) is 1.37. The molecular formula is C23H20FN3O5S. The van der Waals surface area contributed by atoms with Crippen LogP contribution in [-0.4, -0.2) is 40.3 Å². The maximum absolute atomic E-state index is 14.5. The predicted octanol–water partition coefficient (Wildman–Crippen LogP) is 2.94. The summed E-state index contributed by atoms with van der Waals surface area (Å²) >= 11 is 0. The highest BCUT2D eigenvalue weighted by atomic mass is 32.2. The van der Waals surface area contributed by atoms with Crippen LogP contribution in [0.2, 0.25) is 0 Å². The lowest BCUT2D eigenvalue weighted by atomic mass is 10.2. The topological polar surface area (TPSA) is 97.3 Å². The molecule has 1 amide bonds. The van der Waals surface area contributed by atoms with Crippen LogP contribution in [0.1, 0.15) is 5.56 Å². The number of para-hydroxylation sites is 2. The summed E-state index contributed by atoms with van der Waals surface area (Å²) in [5, 5.41) is 3.90. The Labute approximate surface area is 190 Å². The molecule has 1 N–H and O–H groups in total. The third-order valence-corrected chi connectivity index (χ3v) is 6.50. The van der Waals surface area contributed by atoms with E-state index in [1.54, 1.807) is 36.4 Å². The van der Waals surface area contributed by atoms with Gasteiger partial charge in [-0.2, -0.15) is 5.10 Å². The number of hydrazone groups is 1. The minimum Gasteiger partial charge on any atom is -0.486 e. The van der Waals surface area contributed by atoms with E-state index in [0.29, 0.717) is 34.6 Å². The second-order valence-corrected chi connectivity index (χ2v) is 8.80. The van der Waals surface area contributed by atoms with Gasteiger partial charge in [-0.25, -0.2) is 18.2 Å². The zero-order chi connectivity index (χ0) is 23.3. The van der Waals surface area contributed by atoms with Crippen LogP contribution in [0.5, 0.6) is 11.5 Å². The molecule has 1 aliphatic rings. The Balaban J connectivity index is 1.55. The molecule has 10 heteroatoms. The van der Waals surface area contributed by atoms with Crippen molar-refractivity contribution in [3.05, 3.63) is 84.2 Å². The standard InChI is InChI=1S/C23H20FN3O5S/c24-19-10-4-5-11-20(19)27(33(29,30)18-8-2-1-3-9-18)16-22(28)26-25-15-17-7-6-12-21-23(17)32-14-13-31-21/h1-12,15H,13-14,16H2,(H,26,28)/b25-15-. The van der Waals surface area contributed by atoms with Gasteiger partial charge in [-0.1, -0.05) is 36.4 Å². The van der Waals surface area contributed by atoms with Gasteiger partial charge in [0.1, 0.15) is 25.6 Å². The van der Waals surface area contributed by atoms with Crippen LogP contribution in [0.25, 0.3) is 0 Å². The first-order chi connectivity index (χ1) is 16.0. The Morgan fingerprint density at radius 1 is 1.00 bits per heavy atom. The first-order valence-corrected chi connectivity index (χ1v) is 11.4. The molecule has 1 heterocycles. The second kappa shape index (κ2) is 9.70. The fourth-order valence-electron chi connectivity index (χ4n) is 3.21. The number of fused-ring (bicyclic) bond motifs is 1. The van der Waals surface area contributed by atoms with E-state index in [4.69, 9.17) is 9.47 Å². The summed E-state index contributed by atoms with van der Waals surface area (Å²) in [5.41, 5.74) is 2.62. The molecule has 0 saturated heterocycles. The number of anilines is 1. The van der Waals surface area contributed by atoms with Crippen molar-refractivity contribution in [3.63, 3.8) is 0 Å². The fraction of sp³-hybridized carbons (Fsp3) is 0.130. The fourth-order valence-corrected chi connectivity index (χ4v) is 4.66. The summed E-state index contributed by atoms with van der Waals surface area (Å²) in [6.45, 7) is 0.146. The quantitative estimate of drug-likeness (QED) is 0.424. The number of ether oxygens (including phenoxy) is 2. The molecule has 33 heavy (non-hydrogen) atoms. The number of nitrogens with one attached hydrogen (secondary N) is 1. The van der Waals surface area contributed by atoms with Gasteiger partial charge in [0.25, 0.3) is 15.9 Å². The number of carbonyl (C=O) groups is 1. The first-order valence-electron chi connectivity index (χ1n) is 9.99. The number of hydrogen-bond donors (Lipinski definition) is 1. The summed E-state index contributed by atoms with van der Waals surface area (Å²) in [4.78, 5) is 12.5. The highest BCUT2D eigenvalue weighted by Crippen LogP contribution is 2.32. The van der Waals surface area contributed by atoms with Gasteiger partial charge in [0, 0.05) is 5.56 Å². The van der Waals surface area contributed by atoms with Gasteiger partial charge < -0.3 is 9.47 Å². The molecule has 0 spiro atoms. The van der Waals surface area contributed by atoms with E-state index >= 15 is 0 Å². The van der Waals surface area contributed by atoms with E-state index < -0.39 is 28.3 Å². The predicted molar refractivity (Wildman–Crippen MR) is 121 cm³/mol. The van der Waals surface area contributed by atoms with Gasteiger partial charge in [-0.05, 0) is 36.4 Å². The lowest BCUT2D eigenvalue weighted by Crippen LogP contribution is -2.40. The molecule has 8 nitrogen and oxygen atoms in total. The van der Waals surface area contributed by atoms with E-state index in [1.165, 1.54) is 36.5 Å². The third kappa shape index (κ3) is 4.96. The van der Waals surface area contributed by atoms with Gasteiger partial charge >= 0.3 is 0 Å². The Morgan fingerprint density at radius 3 is 2.52 bits per heavy atom. The van der Waals surface area contributed by atoms with Crippen LogP contribution in [0.15, 0.2) is 82.8 Å². The van der Waals surface area contributed by atoms with Crippen LogP contribution in [0, 0.1) is 5.82 Å². The normalized spacial score (nSPS) is 13.0. The number of carbonyl (C=O) groups excluding carboxylic acids is 1. The van der Waals surface area contributed by atoms with Crippen molar-refractivity contribution in [1.82, 2.24) is 5.43 Å². The smallest absolute Gasteiger partial charge is 0.264 e. The third-order valence-electron chi connectivity index (χ3n) is 4.73. The van der Waals surface area contributed by atoms with Crippen LogP contribution in [0.4, 0.5) is 10.1 Å². The first kappa shape index (κ1) is 22.3. The number of rotatable bonds is 7.